The fraction of sp³-hybridized carbons (Fsp3) is 0. The van der Waals surface area contributed by atoms with Gasteiger partial charge in [-0.3, -0.25) is 0 Å². The van der Waals surface area contributed by atoms with Gasteiger partial charge in [-0.25, -0.2) is 14.8 Å². The normalized spacial score (nSPS) is 10.9. The van der Waals surface area contributed by atoms with Crippen molar-refractivity contribution < 1.29 is 9.90 Å². The molecular weight excluding hydrogens is 393 g/mol. The lowest BCUT2D eigenvalue weighted by atomic mass is 10.2. The van der Waals surface area contributed by atoms with Crippen molar-refractivity contribution in [3.8, 4) is 11.4 Å². The van der Waals surface area contributed by atoms with E-state index in [-0.39, 0.29) is 5.56 Å². The van der Waals surface area contributed by atoms with Crippen molar-refractivity contribution in [1.82, 2.24) is 15.0 Å². The zero-order valence-electron chi connectivity index (χ0n) is 9.89. The van der Waals surface area contributed by atoms with Crippen LogP contribution in [0.15, 0.2) is 30.5 Å². The lowest BCUT2D eigenvalue weighted by Crippen LogP contribution is -1.97. The topological polar surface area (TPSA) is 78.9 Å². The molecule has 2 N–H and O–H groups in total. The Labute approximate surface area is 132 Å². The monoisotopic (exact) mass is 399 g/mol. The van der Waals surface area contributed by atoms with Crippen molar-refractivity contribution in [2.24, 2.45) is 0 Å². The van der Waals surface area contributed by atoms with E-state index in [1.807, 2.05) is 12.1 Å². The molecule has 100 valence electrons. The van der Waals surface area contributed by atoms with Gasteiger partial charge >= 0.3 is 5.97 Å². The van der Waals surface area contributed by atoms with Gasteiger partial charge in [0.1, 0.15) is 5.82 Å². The Balaban J connectivity index is 2.20. The summed E-state index contributed by atoms with van der Waals surface area (Å²) in [5.74, 6) is -0.479. The lowest BCUT2D eigenvalue weighted by Gasteiger charge is -1.99. The molecule has 7 heteroatoms. The highest BCUT2D eigenvalue weighted by Gasteiger charge is 2.14. The van der Waals surface area contributed by atoms with Gasteiger partial charge in [-0.15, -0.1) is 0 Å². The summed E-state index contributed by atoms with van der Waals surface area (Å²) in [6.45, 7) is 0. The number of carboxylic acid groups (broad SMARTS) is 1. The zero-order valence-corrected chi connectivity index (χ0v) is 12.8. The van der Waals surface area contributed by atoms with Crippen molar-refractivity contribution in [3.05, 3.63) is 44.6 Å². The van der Waals surface area contributed by atoms with Crippen LogP contribution in [0.3, 0.4) is 0 Å². The number of nitrogens with one attached hydrogen (secondary N) is 1. The molecular formula is C13H7ClIN3O2. The smallest absolute Gasteiger partial charge is 0.338 e. The number of aromatic carboxylic acids is 1. The minimum atomic E-state index is -1.02. The largest absolute Gasteiger partial charge is 0.478 e. The number of rotatable bonds is 2. The molecule has 3 rings (SSSR count). The second-order valence-electron chi connectivity index (χ2n) is 4.08. The molecule has 0 saturated carbocycles. The van der Waals surface area contributed by atoms with Crippen LogP contribution in [-0.2, 0) is 0 Å². The van der Waals surface area contributed by atoms with Gasteiger partial charge in [-0.2, -0.15) is 0 Å². The Kier molecular flexibility index (Phi) is 3.35. The molecule has 0 fully saturated rings. The molecule has 0 atom stereocenters. The second kappa shape index (κ2) is 5.02. The number of halogens is 2. The average molecular weight is 400 g/mol. The predicted octanol–water partition coefficient (Wildman–Crippen LogP) is 3.58. The summed E-state index contributed by atoms with van der Waals surface area (Å²) in [4.78, 5) is 22.5. The standard InChI is InChI=1S/C13H7ClIN3O2/c14-8-5-6(1-2-9(8)15)11-17-10-7(13(19)20)3-4-16-12(10)18-11/h1-5H,(H,19,20)(H,16,17,18). The van der Waals surface area contributed by atoms with Crippen LogP contribution in [0, 0.1) is 3.57 Å². The summed E-state index contributed by atoms with van der Waals surface area (Å²) in [6, 6.07) is 6.96. The van der Waals surface area contributed by atoms with Crippen LogP contribution >= 0.6 is 34.2 Å². The highest BCUT2D eigenvalue weighted by molar-refractivity contribution is 14.1. The molecule has 2 heterocycles. The van der Waals surface area contributed by atoms with E-state index in [4.69, 9.17) is 16.7 Å². The molecule has 1 aromatic carbocycles. The molecule has 2 aromatic heterocycles. The van der Waals surface area contributed by atoms with Gasteiger partial charge in [-0.05, 0) is 40.8 Å². The van der Waals surface area contributed by atoms with Gasteiger partial charge in [0.25, 0.3) is 0 Å². The molecule has 0 amide bonds. The number of benzene rings is 1. The molecule has 0 saturated heterocycles. The lowest BCUT2D eigenvalue weighted by molar-refractivity contribution is 0.0699. The van der Waals surface area contributed by atoms with Gasteiger partial charge in [0.15, 0.2) is 5.65 Å². The Hall–Kier alpha value is -1.67. The molecule has 0 bridgehead atoms. The summed E-state index contributed by atoms with van der Waals surface area (Å²) >= 11 is 8.22. The molecule has 3 aromatic rings. The number of H-pyrrole nitrogens is 1. The van der Waals surface area contributed by atoms with Crippen LogP contribution in [0.1, 0.15) is 10.4 Å². The van der Waals surface area contributed by atoms with Crippen molar-refractivity contribution in [1.29, 1.82) is 0 Å². The Bertz CT molecular complexity index is 832. The van der Waals surface area contributed by atoms with Crippen LogP contribution < -0.4 is 0 Å². The van der Waals surface area contributed by atoms with Crippen LogP contribution in [0.2, 0.25) is 5.02 Å². The predicted molar refractivity (Wildman–Crippen MR) is 84.0 cm³/mol. The SMILES string of the molecule is O=C(O)c1ccnc2nc(-c3ccc(I)c(Cl)c3)[nH]c12. The van der Waals surface area contributed by atoms with Gasteiger partial charge in [-0.1, -0.05) is 17.7 Å². The Morgan fingerprint density at radius 3 is 2.85 bits per heavy atom. The average Bonchev–Trinajstić information content (AvgIpc) is 2.85. The first-order valence-corrected chi connectivity index (χ1v) is 7.05. The van der Waals surface area contributed by atoms with Gasteiger partial charge in [0, 0.05) is 15.3 Å². The van der Waals surface area contributed by atoms with E-state index in [1.165, 1.54) is 12.3 Å². The van der Waals surface area contributed by atoms with Crippen molar-refractivity contribution >= 4 is 51.3 Å². The maximum atomic E-state index is 11.2. The number of hydrogen-bond donors (Lipinski definition) is 2. The molecule has 0 aliphatic heterocycles. The van der Waals surface area contributed by atoms with Gasteiger partial charge < -0.3 is 10.1 Å². The van der Waals surface area contributed by atoms with Crippen molar-refractivity contribution in [3.63, 3.8) is 0 Å². The summed E-state index contributed by atoms with van der Waals surface area (Å²) < 4.78 is 0.938. The van der Waals surface area contributed by atoms with E-state index in [0.29, 0.717) is 22.0 Å². The van der Waals surface area contributed by atoms with Crippen LogP contribution in [0.5, 0.6) is 0 Å². The summed E-state index contributed by atoms with van der Waals surface area (Å²) in [5.41, 5.74) is 1.70. The maximum absolute atomic E-state index is 11.2. The highest BCUT2D eigenvalue weighted by atomic mass is 127. The van der Waals surface area contributed by atoms with E-state index in [0.717, 1.165) is 9.13 Å². The summed E-state index contributed by atoms with van der Waals surface area (Å²) in [6.07, 6.45) is 1.43. The van der Waals surface area contributed by atoms with E-state index < -0.39 is 5.97 Å². The first kappa shape index (κ1) is 13.3. The Morgan fingerprint density at radius 1 is 1.35 bits per heavy atom. The third-order valence-corrected chi connectivity index (χ3v) is 4.39. The van der Waals surface area contributed by atoms with Crippen LogP contribution in [0.4, 0.5) is 0 Å². The van der Waals surface area contributed by atoms with E-state index in [9.17, 15) is 4.79 Å². The first-order valence-electron chi connectivity index (χ1n) is 5.59. The molecule has 5 nitrogen and oxygen atoms in total. The number of pyridine rings is 1. The quantitative estimate of drug-likeness (QED) is 0.646. The maximum Gasteiger partial charge on any atom is 0.338 e. The molecule has 20 heavy (non-hydrogen) atoms. The van der Waals surface area contributed by atoms with Crippen molar-refractivity contribution in [2.75, 3.05) is 0 Å². The highest BCUT2D eigenvalue weighted by Crippen LogP contribution is 2.26. The number of imidazole rings is 1. The minimum Gasteiger partial charge on any atom is -0.478 e. The summed E-state index contributed by atoms with van der Waals surface area (Å²) in [5, 5.41) is 9.77. The number of nitrogens with zero attached hydrogens (tertiary/aromatic N) is 2. The number of carbonyl (C=O) groups is 1. The fourth-order valence-corrected chi connectivity index (χ4v) is 2.39. The third-order valence-electron chi connectivity index (χ3n) is 2.82. The van der Waals surface area contributed by atoms with Crippen LogP contribution in [0.25, 0.3) is 22.6 Å². The van der Waals surface area contributed by atoms with E-state index in [2.05, 4.69) is 37.5 Å². The Morgan fingerprint density at radius 2 is 2.15 bits per heavy atom. The molecule has 0 aliphatic rings. The van der Waals surface area contributed by atoms with Gasteiger partial charge in [0.2, 0.25) is 0 Å². The fourth-order valence-electron chi connectivity index (χ4n) is 1.87. The third kappa shape index (κ3) is 2.25. The van der Waals surface area contributed by atoms with E-state index in [1.54, 1.807) is 6.07 Å². The molecule has 0 unspecified atom stereocenters. The molecule has 0 radical (unpaired) electrons. The number of carboxylic acids is 1. The van der Waals surface area contributed by atoms with E-state index >= 15 is 0 Å². The molecule has 0 spiro atoms. The summed E-state index contributed by atoms with van der Waals surface area (Å²) in [7, 11) is 0. The number of aromatic nitrogens is 3. The number of aromatic amines is 1. The van der Waals surface area contributed by atoms with Crippen molar-refractivity contribution in [2.45, 2.75) is 0 Å². The minimum absolute atomic E-state index is 0.144. The molecule has 0 aliphatic carbocycles. The van der Waals surface area contributed by atoms with Crippen LogP contribution in [-0.4, -0.2) is 26.0 Å². The first-order chi connectivity index (χ1) is 9.56. The second-order valence-corrected chi connectivity index (χ2v) is 5.65. The van der Waals surface area contributed by atoms with Gasteiger partial charge in [0.05, 0.1) is 16.1 Å². The number of fused-ring (bicyclic) bond motifs is 1. The number of hydrogen-bond acceptors (Lipinski definition) is 3. The zero-order chi connectivity index (χ0) is 14.3.